The monoisotopic (exact) mass is 193 g/mol. The molecule has 0 aliphatic rings. The summed E-state index contributed by atoms with van der Waals surface area (Å²) in [5.74, 6) is 0. The van der Waals surface area contributed by atoms with Gasteiger partial charge < -0.3 is 4.57 Å². The van der Waals surface area contributed by atoms with Crippen LogP contribution in [0.25, 0.3) is 10.9 Å². The summed E-state index contributed by atoms with van der Waals surface area (Å²) in [4.78, 5) is 0. The Morgan fingerprint density at radius 3 is 2.69 bits per heavy atom. The van der Waals surface area contributed by atoms with Gasteiger partial charge in [0.25, 0.3) is 0 Å². The molecule has 0 N–H and O–H groups in total. The van der Waals surface area contributed by atoms with E-state index in [4.69, 9.17) is 11.6 Å². The molecule has 0 fully saturated rings. The molecule has 0 bridgehead atoms. The van der Waals surface area contributed by atoms with Crippen molar-refractivity contribution < 1.29 is 0 Å². The number of nitrogens with zero attached hydrogens (tertiary/aromatic N) is 1. The molecule has 2 aromatic rings. The van der Waals surface area contributed by atoms with Crippen LogP contribution in [0.3, 0.4) is 0 Å². The zero-order chi connectivity index (χ0) is 9.59. The second-order valence-corrected chi connectivity index (χ2v) is 3.90. The number of benzene rings is 1. The number of aromatic nitrogens is 1. The Morgan fingerprint density at radius 2 is 2.00 bits per heavy atom. The Bertz CT molecular complexity index is 468. The summed E-state index contributed by atoms with van der Waals surface area (Å²) in [7, 11) is 2.05. The van der Waals surface area contributed by atoms with Gasteiger partial charge in [0.2, 0.25) is 0 Å². The molecule has 0 aliphatic carbocycles. The molecule has 1 aromatic heterocycles. The number of rotatable bonds is 0. The van der Waals surface area contributed by atoms with Crippen molar-refractivity contribution in [2.24, 2.45) is 7.05 Å². The molecule has 0 spiro atoms. The quantitative estimate of drug-likeness (QED) is 0.604. The molecule has 1 heterocycles. The van der Waals surface area contributed by atoms with Crippen LogP contribution in [0.15, 0.2) is 18.3 Å². The highest BCUT2D eigenvalue weighted by Gasteiger charge is 2.07. The topological polar surface area (TPSA) is 4.93 Å². The lowest BCUT2D eigenvalue weighted by Gasteiger charge is -2.06. The van der Waals surface area contributed by atoms with Gasteiger partial charge in [-0.15, -0.1) is 0 Å². The number of halogens is 1. The number of aryl methyl sites for hydroxylation is 3. The fourth-order valence-corrected chi connectivity index (χ4v) is 2.07. The first-order valence-electron chi connectivity index (χ1n) is 4.32. The molecule has 2 rings (SSSR count). The summed E-state index contributed by atoms with van der Waals surface area (Å²) in [6, 6.07) is 4.09. The molecular weight excluding hydrogens is 182 g/mol. The minimum atomic E-state index is 0.846. The van der Waals surface area contributed by atoms with Crippen molar-refractivity contribution in [1.29, 1.82) is 0 Å². The summed E-state index contributed by atoms with van der Waals surface area (Å²) in [5.41, 5.74) is 3.80. The van der Waals surface area contributed by atoms with Crippen LogP contribution in [0, 0.1) is 13.8 Å². The predicted molar refractivity (Wildman–Crippen MR) is 57.4 cm³/mol. The van der Waals surface area contributed by atoms with E-state index in [1.165, 1.54) is 16.6 Å². The van der Waals surface area contributed by atoms with Crippen LogP contribution in [-0.2, 0) is 7.05 Å². The average Bonchev–Trinajstić information content (AvgIpc) is 2.44. The Balaban J connectivity index is 3.00. The predicted octanol–water partition coefficient (Wildman–Crippen LogP) is 3.45. The number of hydrogen-bond acceptors (Lipinski definition) is 0. The largest absolute Gasteiger partial charge is 0.350 e. The highest BCUT2D eigenvalue weighted by Crippen LogP contribution is 2.29. The van der Waals surface area contributed by atoms with Gasteiger partial charge in [-0.1, -0.05) is 11.6 Å². The summed E-state index contributed by atoms with van der Waals surface area (Å²) in [6.07, 6.45) is 2.04. The zero-order valence-corrected chi connectivity index (χ0v) is 8.81. The second-order valence-electron chi connectivity index (χ2n) is 3.49. The summed E-state index contributed by atoms with van der Waals surface area (Å²) >= 11 is 6.13. The first-order chi connectivity index (χ1) is 6.11. The van der Waals surface area contributed by atoms with Gasteiger partial charge in [-0.3, -0.25) is 0 Å². The number of fused-ring (bicyclic) bond motifs is 1. The highest BCUT2D eigenvalue weighted by molar-refractivity contribution is 6.35. The van der Waals surface area contributed by atoms with E-state index in [0.717, 1.165) is 10.4 Å². The van der Waals surface area contributed by atoms with E-state index in [1.54, 1.807) is 0 Å². The molecule has 0 atom stereocenters. The van der Waals surface area contributed by atoms with Gasteiger partial charge in [-0.2, -0.15) is 0 Å². The van der Waals surface area contributed by atoms with Crippen molar-refractivity contribution >= 4 is 22.5 Å². The lowest BCUT2D eigenvalue weighted by Crippen LogP contribution is -1.90. The van der Waals surface area contributed by atoms with Gasteiger partial charge in [0.05, 0.1) is 10.5 Å². The van der Waals surface area contributed by atoms with Crippen LogP contribution in [0.4, 0.5) is 0 Å². The van der Waals surface area contributed by atoms with Gasteiger partial charge in [-0.05, 0) is 37.1 Å². The molecule has 2 heteroatoms. The highest BCUT2D eigenvalue weighted by atomic mass is 35.5. The van der Waals surface area contributed by atoms with Crippen LogP contribution in [0.5, 0.6) is 0 Å². The minimum absolute atomic E-state index is 0.846. The van der Waals surface area contributed by atoms with Crippen molar-refractivity contribution in [2.45, 2.75) is 13.8 Å². The number of hydrogen-bond donors (Lipinski definition) is 0. The molecule has 0 unspecified atom stereocenters. The summed E-state index contributed by atoms with van der Waals surface area (Å²) in [6.45, 7) is 4.22. The fraction of sp³-hybridized carbons (Fsp3) is 0.273. The standard InChI is InChI=1S/C11H12ClN/c1-7-6-10(12)9-4-5-13(3)11(9)8(7)2/h4-6H,1-3H3. The zero-order valence-electron chi connectivity index (χ0n) is 8.06. The molecule has 68 valence electrons. The first kappa shape index (κ1) is 8.64. The fourth-order valence-electron chi connectivity index (χ4n) is 1.75. The maximum absolute atomic E-state index is 6.13. The first-order valence-corrected chi connectivity index (χ1v) is 4.70. The molecule has 0 saturated carbocycles. The normalized spacial score (nSPS) is 11.1. The van der Waals surface area contributed by atoms with Crippen molar-refractivity contribution in [3.63, 3.8) is 0 Å². The van der Waals surface area contributed by atoms with Gasteiger partial charge >= 0.3 is 0 Å². The Labute approximate surface area is 82.9 Å². The van der Waals surface area contributed by atoms with Crippen molar-refractivity contribution in [2.75, 3.05) is 0 Å². The van der Waals surface area contributed by atoms with Crippen molar-refractivity contribution in [1.82, 2.24) is 4.57 Å². The third kappa shape index (κ3) is 1.15. The van der Waals surface area contributed by atoms with Gasteiger partial charge in [0.15, 0.2) is 0 Å². The second kappa shape index (κ2) is 2.78. The van der Waals surface area contributed by atoms with E-state index >= 15 is 0 Å². The van der Waals surface area contributed by atoms with E-state index in [-0.39, 0.29) is 0 Å². The van der Waals surface area contributed by atoms with Gasteiger partial charge in [-0.25, -0.2) is 0 Å². The van der Waals surface area contributed by atoms with Gasteiger partial charge in [0, 0.05) is 18.6 Å². The van der Waals surface area contributed by atoms with Gasteiger partial charge in [0.1, 0.15) is 0 Å². The molecule has 0 radical (unpaired) electrons. The van der Waals surface area contributed by atoms with Crippen LogP contribution >= 0.6 is 11.6 Å². The minimum Gasteiger partial charge on any atom is -0.350 e. The van der Waals surface area contributed by atoms with E-state index in [1.807, 2.05) is 19.3 Å². The molecule has 1 nitrogen and oxygen atoms in total. The maximum atomic E-state index is 6.13. The summed E-state index contributed by atoms with van der Waals surface area (Å²) in [5, 5.41) is 1.99. The Kier molecular flexibility index (Phi) is 1.85. The maximum Gasteiger partial charge on any atom is 0.0525 e. The lowest BCUT2D eigenvalue weighted by molar-refractivity contribution is 0.963. The molecular formula is C11H12ClN. The van der Waals surface area contributed by atoms with Crippen LogP contribution in [0.2, 0.25) is 5.02 Å². The van der Waals surface area contributed by atoms with Crippen LogP contribution in [0.1, 0.15) is 11.1 Å². The van der Waals surface area contributed by atoms with Crippen LogP contribution in [-0.4, -0.2) is 4.57 Å². The van der Waals surface area contributed by atoms with E-state index < -0.39 is 0 Å². The third-order valence-electron chi connectivity index (χ3n) is 2.62. The van der Waals surface area contributed by atoms with E-state index in [0.29, 0.717) is 0 Å². The van der Waals surface area contributed by atoms with Crippen molar-refractivity contribution in [3.05, 3.63) is 34.5 Å². The molecule has 1 aromatic carbocycles. The lowest BCUT2D eigenvalue weighted by atomic mass is 10.1. The van der Waals surface area contributed by atoms with E-state index in [2.05, 4.69) is 24.5 Å². The SMILES string of the molecule is Cc1cc(Cl)c2ccn(C)c2c1C. The smallest absolute Gasteiger partial charge is 0.0525 e. The third-order valence-corrected chi connectivity index (χ3v) is 2.93. The summed E-state index contributed by atoms with van der Waals surface area (Å²) < 4.78 is 2.11. The molecule has 0 aliphatic heterocycles. The average molecular weight is 194 g/mol. The molecule has 0 amide bonds. The Hall–Kier alpha value is -0.950. The molecule has 0 saturated heterocycles. The van der Waals surface area contributed by atoms with E-state index in [9.17, 15) is 0 Å². The van der Waals surface area contributed by atoms with Crippen molar-refractivity contribution in [3.8, 4) is 0 Å². The van der Waals surface area contributed by atoms with Crippen LogP contribution < -0.4 is 0 Å². The molecule has 13 heavy (non-hydrogen) atoms. The Morgan fingerprint density at radius 1 is 1.31 bits per heavy atom.